The zero-order valence-electron chi connectivity index (χ0n) is 14.7. The standard InChI is InChI=1S/C17H23BO6/c1-16(2)17(3,4)24-18(23-16)13(10-14(19)20)11-6-8-12(9-7-11)15(21)22-5/h6-9,13H,10H2,1-5H3,(H,19,20). The Kier molecular flexibility index (Phi) is 5.06. The molecule has 6 nitrogen and oxygen atoms in total. The summed E-state index contributed by atoms with van der Waals surface area (Å²) in [4.78, 5) is 22.8. The van der Waals surface area contributed by atoms with Gasteiger partial charge < -0.3 is 19.2 Å². The normalized spacial score (nSPS) is 19.8. The lowest BCUT2D eigenvalue weighted by molar-refractivity contribution is -0.137. The van der Waals surface area contributed by atoms with E-state index in [1.54, 1.807) is 24.3 Å². The SMILES string of the molecule is COC(=O)c1ccc(C(CC(=O)O)B2OC(C)(C)C(C)(C)O2)cc1. The highest BCUT2D eigenvalue weighted by atomic mass is 16.7. The van der Waals surface area contributed by atoms with E-state index in [2.05, 4.69) is 4.74 Å². The Labute approximate surface area is 142 Å². The van der Waals surface area contributed by atoms with Crippen LogP contribution in [0.3, 0.4) is 0 Å². The second-order valence-corrected chi connectivity index (χ2v) is 6.94. The van der Waals surface area contributed by atoms with Gasteiger partial charge in [-0.3, -0.25) is 4.79 Å². The number of benzene rings is 1. The summed E-state index contributed by atoms with van der Waals surface area (Å²) in [6.45, 7) is 7.69. The average Bonchev–Trinajstić information content (AvgIpc) is 2.72. The molecule has 7 heteroatoms. The molecule has 24 heavy (non-hydrogen) atoms. The predicted molar refractivity (Wildman–Crippen MR) is 88.9 cm³/mol. The lowest BCUT2D eigenvalue weighted by atomic mass is 9.66. The number of carboxylic acid groups (broad SMARTS) is 1. The number of ether oxygens (including phenoxy) is 1. The van der Waals surface area contributed by atoms with E-state index in [0.29, 0.717) is 5.56 Å². The van der Waals surface area contributed by atoms with Gasteiger partial charge in [-0.05, 0) is 45.4 Å². The maximum Gasteiger partial charge on any atom is 0.466 e. The van der Waals surface area contributed by atoms with Crippen molar-refractivity contribution in [3.05, 3.63) is 35.4 Å². The molecule has 1 heterocycles. The third kappa shape index (κ3) is 3.62. The molecule has 130 valence electrons. The van der Waals surface area contributed by atoms with Crippen molar-refractivity contribution in [2.45, 2.75) is 51.1 Å². The van der Waals surface area contributed by atoms with Crippen LogP contribution in [-0.2, 0) is 18.8 Å². The molecule has 1 aliphatic rings. The highest BCUT2D eigenvalue weighted by Crippen LogP contribution is 2.41. The number of hydrogen-bond acceptors (Lipinski definition) is 5. The molecule has 1 N–H and O–H groups in total. The van der Waals surface area contributed by atoms with Gasteiger partial charge in [0.15, 0.2) is 0 Å². The van der Waals surface area contributed by atoms with Crippen LogP contribution in [0, 0.1) is 0 Å². The molecular weight excluding hydrogens is 311 g/mol. The summed E-state index contributed by atoms with van der Waals surface area (Å²) in [6, 6.07) is 6.65. The van der Waals surface area contributed by atoms with Crippen molar-refractivity contribution in [3.63, 3.8) is 0 Å². The zero-order chi connectivity index (χ0) is 18.1. The summed E-state index contributed by atoms with van der Waals surface area (Å²) in [7, 11) is 0.642. The van der Waals surface area contributed by atoms with Crippen molar-refractivity contribution in [1.82, 2.24) is 0 Å². The van der Waals surface area contributed by atoms with Crippen LogP contribution >= 0.6 is 0 Å². The van der Waals surface area contributed by atoms with E-state index in [1.807, 2.05) is 27.7 Å². The molecule has 0 bridgehead atoms. The molecule has 1 saturated heterocycles. The number of carbonyl (C=O) groups is 2. The molecule has 0 spiro atoms. The lowest BCUT2D eigenvalue weighted by Crippen LogP contribution is -2.41. The topological polar surface area (TPSA) is 82.1 Å². The van der Waals surface area contributed by atoms with Gasteiger partial charge in [0.25, 0.3) is 0 Å². The first-order valence-corrected chi connectivity index (χ1v) is 7.83. The molecule has 0 saturated carbocycles. The van der Waals surface area contributed by atoms with Gasteiger partial charge in [-0.25, -0.2) is 4.79 Å². The van der Waals surface area contributed by atoms with Gasteiger partial charge in [-0.1, -0.05) is 12.1 Å². The summed E-state index contributed by atoms with van der Waals surface area (Å²) >= 11 is 0. The van der Waals surface area contributed by atoms with Crippen molar-refractivity contribution < 1.29 is 28.7 Å². The van der Waals surface area contributed by atoms with Gasteiger partial charge in [0.05, 0.1) is 30.3 Å². The first-order chi connectivity index (χ1) is 11.1. The van der Waals surface area contributed by atoms with Gasteiger partial charge in [0, 0.05) is 5.82 Å². The Morgan fingerprint density at radius 1 is 1.12 bits per heavy atom. The molecule has 0 aromatic heterocycles. The van der Waals surface area contributed by atoms with E-state index in [1.165, 1.54) is 7.11 Å². The minimum atomic E-state index is -0.938. The van der Waals surface area contributed by atoms with Crippen LogP contribution in [0.5, 0.6) is 0 Å². The van der Waals surface area contributed by atoms with Crippen LogP contribution in [0.1, 0.15) is 55.9 Å². The van der Waals surface area contributed by atoms with Crippen LogP contribution in [0.2, 0.25) is 0 Å². The van der Waals surface area contributed by atoms with Crippen molar-refractivity contribution in [3.8, 4) is 0 Å². The van der Waals surface area contributed by atoms with E-state index in [-0.39, 0.29) is 6.42 Å². The Morgan fingerprint density at radius 2 is 1.62 bits per heavy atom. The number of esters is 1. The fourth-order valence-corrected chi connectivity index (χ4v) is 2.60. The second kappa shape index (κ2) is 6.57. The minimum absolute atomic E-state index is 0.131. The quantitative estimate of drug-likeness (QED) is 0.658. The number of aliphatic carboxylic acids is 1. The molecule has 1 atom stereocenters. The molecule has 1 aliphatic heterocycles. The number of carboxylic acids is 1. The zero-order valence-corrected chi connectivity index (χ0v) is 14.7. The molecule has 0 aliphatic carbocycles. The van der Waals surface area contributed by atoms with Crippen molar-refractivity contribution in [2.24, 2.45) is 0 Å². The Bertz CT molecular complexity index is 606. The molecule has 2 rings (SSSR count). The molecule has 1 unspecified atom stereocenters. The molecule has 1 fully saturated rings. The Morgan fingerprint density at radius 3 is 2.04 bits per heavy atom. The average molecular weight is 334 g/mol. The summed E-state index contributed by atoms with van der Waals surface area (Å²) < 4.78 is 16.7. The van der Waals surface area contributed by atoms with Crippen LogP contribution in [-0.4, -0.2) is 42.5 Å². The van der Waals surface area contributed by atoms with E-state index in [0.717, 1.165) is 5.56 Å². The van der Waals surface area contributed by atoms with E-state index in [9.17, 15) is 14.7 Å². The molecule has 1 aromatic carbocycles. The third-order valence-corrected chi connectivity index (χ3v) is 4.75. The van der Waals surface area contributed by atoms with Gasteiger partial charge >= 0.3 is 19.1 Å². The minimum Gasteiger partial charge on any atom is -0.481 e. The summed E-state index contributed by atoms with van der Waals surface area (Å²) in [6.07, 6.45) is -0.131. The molecule has 0 amide bonds. The first kappa shape index (κ1) is 18.5. The van der Waals surface area contributed by atoms with E-state index < -0.39 is 36.1 Å². The highest BCUT2D eigenvalue weighted by molar-refractivity contribution is 6.48. The largest absolute Gasteiger partial charge is 0.481 e. The number of hydrogen-bond donors (Lipinski definition) is 1. The maximum absolute atomic E-state index is 11.5. The smallest absolute Gasteiger partial charge is 0.466 e. The van der Waals surface area contributed by atoms with Gasteiger partial charge in [0.1, 0.15) is 0 Å². The van der Waals surface area contributed by atoms with Crippen LogP contribution < -0.4 is 0 Å². The fourth-order valence-electron chi connectivity index (χ4n) is 2.60. The Hall–Kier alpha value is -1.86. The van der Waals surface area contributed by atoms with E-state index in [4.69, 9.17) is 9.31 Å². The number of methoxy groups -OCH3 is 1. The monoisotopic (exact) mass is 334 g/mol. The summed E-state index contributed by atoms with van der Waals surface area (Å²) in [5.74, 6) is -1.85. The van der Waals surface area contributed by atoms with Crippen molar-refractivity contribution in [2.75, 3.05) is 7.11 Å². The molecular formula is C17H23BO6. The van der Waals surface area contributed by atoms with Gasteiger partial charge in [-0.15, -0.1) is 0 Å². The van der Waals surface area contributed by atoms with Crippen LogP contribution in [0.15, 0.2) is 24.3 Å². The van der Waals surface area contributed by atoms with E-state index >= 15 is 0 Å². The Balaban J connectivity index is 2.30. The highest BCUT2D eigenvalue weighted by Gasteiger charge is 2.54. The molecule has 0 radical (unpaired) electrons. The maximum atomic E-state index is 11.5. The third-order valence-electron chi connectivity index (χ3n) is 4.75. The summed E-state index contributed by atoms with van der Waals surface area (Å²) in [5.41, 5.74) is 0.0635. The second-order valence-electron chi connectivity index (χ2n) is 6.94. The first-order valence-electron chi connectivity index (χ1n) is 7.83. The predicted octanol–water partition coefficient (Wildman–Crippen LogP) is 2.66. The van der Waals surface area contributed by atoms with Crippen molar-refractivity contribution in [1.29, 1.82) is 0 Å². The van der Waals surface area contributed by atoms with Crippen LogP contribution in [0.25, 0.3) is 0 Å². The lowest BCUT2D eigenvalue weighted by Gasteiger charge is -2.32. The van der Waals surface area contributed by atoms with Crippen molar-refractivity contribution >= 4 is 19.1 Å². The fraction of sp³-hybridized carbons (Fsp3) is 0.529. The van der Waals surface area contributed by atoms with Gasteiger partial charge in [0.2, 0.25) is 0 Å². The number of rotatable bonds is 5. The molecule has 1 aromatic rings. The van der Waals surface area contributed by atoms with Gasteiger partial charge in [-0.2, -0.15) is 0 Å². The number of carbonyl (C=O) groups excluding carboxylic acids is 1. The van der Waals surface area contributed by atoms with Crippen LogP contribution in [0.4, 0.5) is 0 Å². The summed E-state index contributed by atoms with van der Waals surface area (Å²) in [5, 5.41) is 9.26.